The van der Waals surface area contributed by atoms with E-state index in [1.807, 2.05) is 20.8 Å². The first-order valence-corrected chi connectivity index (χ1v) is 12.1. The van der Waals surface area contributed by atoms with E-state index in [2.05, 4.69) is 40.4 Å². The molecule has 176 valence electrons. The zero-order chi connectivity index (χ0) is 22.2. The number of hydrogen-bond acceptors (Lipinski definition) is 6. The molecule has 0 aromatic rings. The summed E-state index contributed by atoms with van der Waals surface area (Å²) in [6, 6.07) is 0. The van der Waals surface area contributed by atoms with Crippen LogP contribution in [0.4, 0.5) is 0 Å². The van der Waals surface area contributed by atoms with Gasteiger partial charge in [0.05, 0.1) is 6.54 Å². The molecule has 0 saturated carbocycles. The number of nitrogens with zero attached hydrogens (tertiary/aromatic N) is 4. The van der Waals surface area contributed by atoms with E-state index >= 15 is 0 Å². The van der Waals surface area contributed by atoms with Crippen molar-refractivity contribution in [2.24, 2.45) is 5.41 Å². The second-order valence-corrected chi connectivity index (χ2v) is 11.4. The average Bonchev–Trinajstić information content (AvgIpc) is 2.65. The summed E-state index contributed by atoms with van der Waals surface area (Å²) in [6.07, 6.45) is 3.58. The van der Waals surface area contributed by atoms with Crippen LogP contribution in [0.3, 0.4) is 0 Å². The van der Waals surface area contributed by atoms with Crippen molar-refractivity contribution >= 4 is 5.97 Å². The van der Waals surface area contributed by atoms with Crippen LogP contribution in [0.5, 0.6) is 0 Å². The number of carbonyl (C=O) groups is 1. The van der Waals surface area contributed by atoms with Gasteiger partial charge >= 0.3 is 5.97 Å². The van der Waals surface area contributed by atoms with Crippen LogP contribution in [0.25, 0.3) is 0 Å². The van der Waals surface area contributed by atoms with Gasteiger partial charge in [-0.25, -0.2) is 0 Å². The summed E-state index contributed by atoms with van der Waals surface area (Å²) in [5.41, 5.74) is -0.0667. The topological polar surface area (TPSA) is 39.3 Å². The molecule has 2 heterocycles. The lowest BCUT2D eigenvalue weighted by molar-refractivity contribution is -0.156. The number of carbonyl (C=O) groups excluding carboxylic acids is 1. The van der Waals surface area contributed by atoms with Crippen LogP contribution in [0.2, 0.25) is 0 Å². The van der Waals surface area contributed by atoms with Crippen LogP contribution in [0, 0.1) is 5.41 Å². The first kappa shape index (κ1) is 25.6. The molecule has 2 aliphatic rings. The lowest BCUT2D eigenvalue weighted by atomic mass is 9.96. The quantitative estimate of drug-likeness (QED) is 0.649. The van der Waals surface area contributed by atoms with E-state index in [1.165, 1.54) is 39.0 Å². The molecule has 30 heavy (non-hydrogen) atoms. The van der Waals surface area contributed by atoms with Crippen molar-refractivity contribution in [2.75, 3.05) is 78.5 Å². The van der Waals surface area contributed by atoms with Crippen LogP contribution in [0.1, 0.15) is 60.8 Å². The number of fused-ring (bicyclic) bond motifs is 4. The SMILES string of the molecule is CC(C)(C)CN1CCCN2CCCN(CCCN(CC(=O)OC(C)(C)C)CC2)CC1. The fourth-order valence-corrected chi connectivity index (χ4v) is 4.56. The molecule has 2 saturated heterocycles. The molecule has 0 N–H and O–H groups in total. The van der Waals surface area contributed by atoms with Gasteiger partial charge in [-0.15, -0.1) is 0 Å². The van der Waals surface area contributed by atoms with Crippen molar-refractivity contribution in [3.8, 4) is 0 Å². The molecule has 2 fully saturated rings. The zero-order valence-electron chi connectivity index (χ0n) is 20.7. The van der Waals surface area contributed by atoms with Gasteiger partial charge in [0.1, 0.15) is 5.60 Å². The molecule has 0 spiro atoms. The molecule has 2 atom stereocenters. The highest BCUT2D eigenvalue weighted by atomic mass is 16.6. The Hall–Kier alpha value is -0.690. The molecule has 2 aliphatic heterocycles. The van der Waals surface area contributed by atoms with Crippen LogP contribution in [0.15, 0.2) is 0 Å². The molecule has 0 aromatic carbocycles. The molecular weight excluding hydrogens is 376 g/mol. The maximum atomic E-state index is 12.4. The largest absolute Gasteiger partial charge is 0.459 e. The molecule has 0 amide bonds. The number of hydrogen-bond donors (Lipinski definition) is 0. The number of esters is 1. The Morgan fingerprint density at radius 1 is 0.667 bits per heavy atom. The molecule has 2 unspecified atom stereocenters. The summed E-state index contributed by atoms with van der Waals surface area (Å²) in [5.74, 6) is -0.0975. The summed E-state index contributed by atoms with van der Waals surface area (Å²) in [4.78, 5) is 22.6. The normalized spacial score (nSPS) is 26.7. The second kappa shape index (κ2) is 11.8. The Bertz CT molecular complexity index is 512. The average molecular weight is 425 g/mol. The van der Waals surface area contributed by atoms with Crippen LogP contribution >= 0.6 is 0 Å². The van der Waals surface area contributed by atoms with E-state index in [4.69, 9.17) is 4.74 Å². The molecular formula is C24H48N4O2. The molecule has 2 bridgehead atoms. The Morgan fingerprint density at radius 3 is 1.63 bits per heavy atom. The third-order valence-electron chi connectivity index (χ3n) is 5.78. The first-order chi connectivity index (χ1) is 14.0. The van der Waals surface area contributed by atoms with E-state index in [0.717, 1.165) is 52.2 Å². The molecule has 6 heteroatoms. The van der Waals surface area contributed by atoms with Gasteiger partial charge in [-0.3, -0.25) is 9.69 Å². The Kier molecular flexibility index (Phi) is 10.1. The minimum Gasteiger partial charge on any atom is -0.459 e. The summed E-state index contributed by atoms with van der Waals surface area (Å²) < 4.78 is 5.58. The predicted molar refractivity (Wildman–Crippen MR) is 125 cm³/mol. The maximum Gasteiger partial charge on any atom is 0.320 e. The van der Waals surface area contributed by atoms with Crippen LogP contribution in [-0.2, 0) is 9.53 Å². The minimum atomic E-state index is -0.412. The highest BCUT2D eigenvalue weighted by Crippen LogP contribution is 2.16. The Morgan fingerprint density at radius 2 is 1.13 bits per heavy atom. The first-order valence-electron chi connectivity index (χ1n) is 12.1. The third-order valence-corrected chi connectivity index (χ3v) is 5.78. The van der Waals surface area contributed by atoms with Crippen molar-refractivity contribution in [1.82, 2.24) is 19.6 Å². The van der Waals surface area contributed by atoms with Crippen molar-refractivity contribution in [2.45, 2.75) is 66.4 Å². The molecule has 0 radical (unpaired) electrons. The minimum absolute atomic E-state index is 0.0975. The monoisotopic (exact) mass is 424 g/mol. The standard InChI is InChI=1S/C24H48N4O2/c1-23(2,3)21-28-15-9-13-25-10-7-11-26(17-19-28)12-8-14-27(18-16-25)20-22(29)30-24(4,5)6/h7-21H2,1-6H3. The van der Waals surface area contributed by atoms with Crippen molar-refractivity contribution in [1.29, 1.82) is 0 Å². The molecule has 0 aromatic heterocycles. The summed E-state index contributed by atoms with van der Waals surface area (Å²) in [6.45, 7) is 25.5. The van der Waals surface area contributed by atoms with E-state index in [9.17, 15) is 4.79 Å². The number of rotatable bonds is 3. The van der Waals surface area contributed by atoms with E-state index in [-0.39, 0.29) is 5.97 Å². The number of ether oxygens (including phenoxy) is 1. The molecule has 0 aliphatic carbocycles. The van der Waals surface area contributed by atoms with Gasteiger partial charge in [0, 0.05) is 39.3 Å². The van der Waals surface area contributed by atoms with Crippen molar-refractivity contribution in [3.63, 3.8) is 0 Å². The lowest BCUT2D eigenvalue weighted by Crippen LogP contribution is -2.43. The van der Waals surface area contributed by atoms with Gasteiger partial charge in [-0.05, 0) is 78.2 Å². The van der Waals surface area contributed by atoms with Gasteiger partial charge in [0.15, 0.2) is 0 Å². The van der Waals surface area contributed by atoms with Gasteiger partial charge in [-0.2, -0.15) is 0 Å². The zero-order valence-corrected chi connectivity index (χ0v) is 20.7. The Labute approximate surface area is 185 Å². The van der Waals surface area contributed by atoms with Crippen molar-refractivity contribution < 1.29 is 9.53 Å². The maximum absolute atomic E-state index is 12.4. The van der Waals surface area contributed by atoms with Gasteiger partial charge < -0.3 is 19.4 Å². The highest BCUT2D eigenvalue weighted by Gasteiger charge is 2.22. The fraction of sp³-hybridized carbons (Fsp3) is 0.958. The van der Waals surface area contributed by atoms with E-state index in [0.29, 0.717) is 12.0 Å². The van der Waals surface area contributed by atoms with Crippen LogP contribution < -0.4 is 0 Å². The second-order valence-electron chi connectivity index (χ2n) is 11.4. The highest BCUT2D eigenvalue weighted by molar-refractivity contribution is 5.72. The lowest BCUT2D eigenvalue weighted by Gasteiger charge is -2.33. The summed E-state index contributed by atoms with van der Waals surface area (Å²) >= 11 is 0. The van der Waals surface area contributed by atoms with E-state index < -0.39 is 5.60 Å². The van der Waals surface area contributed by atoms with E-state index in [1.54, 1.807) is 0 Å². The van der Waals surface area contributed by atoms with Gasteiger partial charge in [0.25, 0.3) is 0 Å². The smallest absolute Gasteiger partial charge is 0.320 e. The Balaban J connectivity index is 1.99. The summed E-state index contributed by atoms with van der Waals surface area (Å²) in [5, 5.41) is 0. The molecule has 2 rings (SSSR count). The molecule has 6 nitrogen and oxygen atoms in total. The third kappa shape index (κ3) is 11.1. The predicted octanol–water partition coefficient (Wildman–Crippen LogP) is 2.78. The van der Waals surface area contributed by atoms with Gasteiger partial charge in [0.2, 0.25) is 0 Å². The summed E-state index contributed by atoms with van der Waals surface area (Å²) in [7, 11) is 0. The van der Waals surface area contributed by atoms with Gasteiger partial charge in [-0.1, -0.05) is 20.8 Å². The fourth-order valence-electron chi connectivity index (χ4n) is 4.56. The van der Waals surface area contributed by atoms with Crippen molar-refractivity contribution in [3.05, 3.63) is 0 Å². The van der Waals surface area contributed by atoms with Crippen LogP contribution in [-0.4, -0.2) is 110 Å².